The summed E-state index contributed by atoms with van der Waals surface area (Å²) in [5.41, 5.74) is 1.47. The number of piperazine rings is 1. The molecule has 0 bridgehead atoms. The van der Waals surface area contributed by atoms with Crippen molar-refractivity contribution >= 4 is 17.6 Å². The fraction of sp³-hybridized carbons (Fsp3) is 0.684. The molecule has 0 radical (unpaired) electrons. The van der Waals surface area contributed by atoms with Crippen LogP contribution < -0.4 is 15.5 Å². The first-order chi connectivity index (χ1) is 12.8. The summed E-state index contributed by atoms with van der Waals surface area (Å²) in [5, 5.41) is 5.82. The predicted octanol–water partition coefficient (Wildman–Crippen LogP) is 0.533. The van der Waals surface area contributed by atoms with Gasteiger partial charge in [-0.2, -0.15) is 0 Å². The maximum Gasteiger partial charge on any atom is 0.270 e. The number of hydrogen-bond donors (Lipinski definition) is 2. The molecule has 1 aromatic heterocycles. The van der Waals surface area contributed by atoms with Gasteiger partial charge in [-0.3, -0.25) is 14.5 Å². The Morgan fingerprint density at radius 1 is 1.15 bits per heavy atom. The van der Waals surface area contributed by atoms with Crippen molar-refractivity contribution in [3.63, 3.8) is 0 Å². The Balaban J connectivity index is 1.74. The van der Waals surface area contributed by atoms with Gasteiger partial charge in [0.05, 0.1) is 6.54 Å². The van der Waals surface area contributed by atoms with Crippen molar-refractivity contribution in [2.75, 3.05) is 44.2 Å². The Morgan fingerprint density at radius 3 is 2.48 bits per heavy atom. The lowest BCUT2D eigenvalue weighted by Crippen LogP contribution is -2.51. The summed E-state index contributed by atoms with van der Waals surface area (Å²) in [4.78, 5) is 38.0. The van der Waals surface area contributed by atoms with Crippen LogP contribution in [0.25, 0.3) is 0 Å². The third kappa shape index (κ3) is 4.55. The zero-order valence-electron chi connectivity index (χ0n) is 16.7. The first kappa shape index (κ1) is 19.5. The molecule has 0 saturated carbocycles. The number of fused-ring (bicyclic) bond motifs is 1. The maximum absolute atomic E-state index is 12.3. The van der Waals surface area contributed by atoms with E-state index in [-0.39, 0.29) is 23.8 Å². The van der Waals surface area contributed by atoms with Crippen LogP contribution in [0.3, 0.4) is 0 Å². The molecule has 2 aliphatic heterocycles. The normalized spacial score (nSPS) is 17.9. The molecule has 0 aliphatic carbocycles. The number of amides is 2. The molecule has 0 aromatic carbocycles. The van der Waals surface area contributed by atoms with Crippen molar-refractivity contribution in [2.24, 2.45) is 0 Å². The average molecular weight is 374 g/mol. The quantitative estimate of drug-likeness (QED) is 0.782. The number of aromatic nitrogens is 2. The fourth-order valence-electron chi connectivity index (χ4n) is 3.50. The molecular weight excluding hydrogens is 344 g/mol. The number of rotatable bonds is 5. The van der Waals surface area contributed by atoms with E-state index in [0.29, 0.717) is 24.6 Å². The Labute approximate surface area is 160 Å². The summed E-state index contributed by atoms with van der Waals surface area (Å²) in [6, 6.07) is 0.159. The van der Waals surface area contributed by atoms with Crippen molar-refractivity contribution in [2.45, 2.75) is 46.1 Å². The van der Waals surface area contributed by atoms with E-state index in [2.05, 4.69) is 25.4 Å². The molecule has 3 rings (SSSR count). The maximum atomic E-state index is 12.3. The summed E-state index contributed by atoms with van der Waals surface area (Å²) < 4.78 is 0. The average Bonchev–Trinajstić information content (AvgIpc) is 2.61. The lowest BCUT2D eigenvalue weighted by Gasteiger charge is -2.36. The van der Waals surface area contributed by atoms with Gasteiger partial charge in [0.25, 0.3) is 5.91 Å². The Bertz CT molecular complexity index is 710. The standard InChI is InChI=1S/C19H30N6O2/c1-12(2)17-22-16-14(5-6-20-19(16)27)18(23-17)25-9-7-24(8-10-25)11-15(26)21-13(3)4/h12-13H,5-11H2,1-4H3,(H,20,27)(H,21,26). The number of carbonyl (C=O) groups excluding carboxylic acids is 2. The molecular formula is C19H30N6O2. The van der Waals surface area contributed by atoms with Gasteiger partial charge in [0.2, 0.25) is 5.91 Å². The van der Waals surface area contributed by atoms with E-state index < -0.39 is 0 Å². The molecule has 1 aromatic rings. The molecule has 1 fully saturated rings. The fourth-order valence-corrected chi connectivity index (χ4v) is 3.50. The number of carbonyl (C=O) groups is 2. The van der Waals surface area contributed by atoms with Crippen LogP contribution >= 0.6 is 0 Å². The minimum absolute atomic E-state index is 0.0663. The molecule has 2 amide bonds. The minimum atomic E-state index is -0.106. The lowest BCUT2D eigenvalue weighted by atomic mass is 10.0. The van der Waals surface area contributed by atoms with Crippen molar-refractivity contribution in [3.05, 3.63) is 17.1 Å². The second-order valence-electron chi connectivity index (χ2n) is 7.88. The summed E-state index contributed by atoms with van der Waals surface area (Å²) in [7, 11) is 0. The van der Waals surface area contributed by atoms with E-state index in [1.165, 1.54) is 0 Å². The molecule has 148 valence electrons. The van der Waals surface area contributed by atoms with E-state index in [1.54, 1.807) is 0 Å². The van der Waals surface area contributed by atoms with Crippen molar-refractivity contribution < 1.29 is 9.59 Å². The van der Waals surface area contributed by atoms with E-state index >= 15 is 0 Å². The van der Waals surface area contributed by atoms with Gasteiger partial charge in [-0.15, -0.1) is 0 Å². The van der Waals surface area contributed by atoms with Gasteiger partial charge in [0.1, 0.15) is 17.3 Å². The zero-order valence-corrected chi connectivity index (χ0v) is 16.7. The molecule has 8 nitrogen and oxygen atoms in total. The molecule has 3 heterocycles. The summed E-state index contributed by atoms with van der Waals surface area (Å²) >= 11 is 0. The lowest BCUT2D eigenvalue weighted by molar-refractivity contribution is -0.122. The monoisotopic (exact) mass is 374 g/mol. The predicted molar refractivity (Wildman–Crippen MR) is 104 cm³/mol. The molecule has 1 saturated heterocycles. The second kappa shape index (κ2) is 8.21. The summed E-state index contributed by atoms with van der Waals surface area (Å²) in [5.74, 6) is 1.72. The van der Waals surface area contributed by atoms with E-state index in [4.69, 9.17) is 4.98 Å². The van der Waals surface area contributed by atoms with Gasteiger partial charge in [0, 0.05) is 50.2 Å². The molecule has 0 spiro atoms. The molecule has 8 heteroatoms. The number of nitrogens with zero attached hydrogens (tertiary/aromatic N) is 4. The molecule has 2 N–H and O–H groups in total. The van der Waals surface area contributed by atoms with E-state index in [0.717, 1.165) is 44.0 Å². The highest BCUT2D eigenvalue weighted by Gasteiger charge is 2.28. The van der Waals surface area contributed by atoms with Gasteiger partial charge < -0.3 is 15.5 Å². The highest BCUT2D eigenvalue weighted by molar-refractivity contribution is 5.96. The largest absolute Gasteiger partial charge is 0.354 e. The van der Waals surface area contributed by atoms with Crippen LogP contribution in [0.5, 0.6) is 0 Å². The first-order valence-corrected chi connectivity index (χ1v) is 9.80. The highest BCUT2D eigenvalue weighted by atomic mass is 16.2. The van der Waals surface area contributed by atoms with Crippen LogP contribution in [0.2, 0.25) is 0 Å². The third-order valence-corrected chi connectivity index (χ3v) is 4.88. The van der Waals surface area contributed by atoms with Crippen LogP contribution in [0.1, 0.15) is 55.5 Å². The van der Waals surface area contributed by atoms with Crippen LogP contribution in [-0.4, -0.2) is 72.0 Å². The number of anilines is 1. The van der Waals surface area contributed by atoms with Crippen LogP contribution in [0.4, 0.5) is 5.82 Å². The van der Waals surface area contributed by atoms with Crippen molar-refractivity contribution in [3.8, 4) is 0 Å². The zero-order chi connectivity index (χ0) is 19.6. The molecule has 0 unspecified atom stereocenters. The summed E-state index contributed by atoms with van der Waals surface area (Å²) in [6.45, 7) is 12.2. The second-order valence-corrected chi connectivity index (χ2v) is 7.88. The van der Waals surface area contributed by atoms with Crippen LogP contribution in [0, 0.1) is 0 Å². The molecule has 0 atom stereocenters. The van der Waals surface area contributed by atoms with Gasteiger partial charge in [-0.1, -0.05) is 13.8 Å². The SMILES string of the molecule is CC(C)NC(=O)CN1CCN(c2nc(C(C)C)nc3c2CCNC3=O)CC1. The molecule has 27 heavy (non-hydrogen) atoms. The van der Waals surface area contributed by atoms with Gasteiger partial charge in [-0.25, -0.2) is 9.97 Å². The Hall–Kier alpha value is -2.22. The third-order valence-electron chi connectivity index (χ3n) is 4.88. The van der Waals surface area contributed by atoms with Crippen molar-refractivity contribution in [1.29, 1.82) is 0 Å². The van der Waals surface area contributed by atoms with E-state index in [1.807, 2.05) is 27.7 Å². The van der Waals surface area contributed by atoms with Gasteiger partial charge in [-0.05, 0) is 20.3 Å². The summed E-state index contributed by atoms with van der Waals surface area (Å²) in [6.07, 6.45) is 0.756. The van der Waals surface area contributed by atoms with E-state index in [9.17, 15) is 9.59 Å². The number of hydrogen-bond acceptors (Lipinski definition) is 6. The topological polar surface area (TPSA) is 90.5 Å². The number of nitrogens with one attached hydrogen (secondary N) is 2. The van der Waals surface area contributed by atoms with Gasteiger partial charge >= 0.3 is 0 Å². The Kier molecular flexibility index (Phi) is 5.94. The Morgan fingerprint density at radius 2 is 1.85 bits per heavy atom. The van der Waals surface area contributed by atoms with Crippen LogP contribution in [0.15, 0.2) is 0 Å². The van der Waals surface area contributed by atoms with Crippen LogP contribution in [-0.2, 0) is 11.2 Å². The van der Waals surface area contributed by atoms with Gasteiger partial charge in [0.15, 0.2) is 0 Å². The smallest absolute Gasteiger partial charge is 0.270 e. The first-order valence-electron chi connectivity index (χ1n) is 9.80. The van der Waals surface area contributed by atoms with Crippen molar-refractivity contribution in [1.82, 2.24) is 25.5 Å². The molecule has 2 aliphatic rings. The highest BCUT2D eigenvalue weighted by Crippen LogP contribution is 2.27. The minimum Gasteiger partial charge on any atom is -0.354 e.